The van der Waals surface area contributed by atoms with E-state index in [0.717, 1.165) is 0 Å². The lowest BCUT2D eigenvalue weighted by atomic mass is 10.2. The molecule has 2 aromatic carbocycles. The number of halogens is 2. The molecule has 2 aromatic rings. The zero-order valence-corrected chi connectivity index (χ0v) is 12.0. The molecule has 0 atom stereocenters. The third-order valence-electron chi connectivity index (χ3n) is 2.60. The number of rotatable bonds is 3. The Morgan fingerprint density at radius 3 is 2.55 bits per heavy atom. The molecule has 0 heterocycles. The highest BCUT2D eigenvalue weighted by molar-refractivity contribution is 6.34. The number of carbonyl (C=O) groups is 1. The summed E-state index contributed by atoms with van der Waals surface area (Å²) in [7, 11) is 1.49. The van der Waals surface area contributed by atoms with Gasteiger partial charge in [0.1, 0.15) is 11.5 Å². The maximum atomic E-state index is 12.1. The van der Waals surface area contributed by atoms with E-state index in [2.05, 4.69) is 5.32 Å². The van der Waals surface area contributed by atoms with Gasteiger partial charge in [0.2, 0.25) is 0 Å². The van der Waals surface area contributed by atoms with Crippen molar-refractivity contribution in [3.8, 4) is 11.5 Å². The van der Waals surface area contributed by atoms with Crippen LogP contribution in [0.4, 0.5) is 5.69 Å². The van der Waals surface area contributed by atoms with Crippen molar-refractivity contribution in [1.29, 1.82) is 0 Å². The van der Waals surface area contributed by atoms with Gasteiger partial charge < -0.3 is 15.2 Å². The molecule has 20 heavy (non-hydrogen) atoms. The minimum Gasteiger partial charge on any atom is -0.508 e. The first kappa shape index (κ1) is 14.5. The number of carbonyl (C=O) groups excluding carboxylic acids is 1. The number of methoxy groups -OCH3 is 1. The molecule has 0 aliphatic heterocycles. The molecule has 0 aliphatic carbocycles. The van der Waals surface area contributed by atoms with Crippen LogP contribution in [0.5, 0.6) is 11.5 Å². The minimum atomic E-state index is -0.435. The van der Waals surface area contributed by atoms with Gasteiger partial charge in [-0.05, 0) is 30.3 Å². The molecule has 0 spiro atoms. The van der Waals surface area contributed by atoms with Crippen LogP contribution < -0.4 is 10.1 Å². The highest BCUT2D eigenvalue weighted by Gasteiger charge is 2.12. The van der Waals surface area contributed by atoms with E-state index in [9.17, 15) is 9.90 Å². The van der Waals surface area contributed by atoms with Crippen molar-refractivity contribution < 1.29 is 14.6 Å². The normalized spacial score (nSPS) is 10.2. The molecule has 0 saturated carbocycles. The van der Waals surface area contributed by atoms with Crippen LogP contribution in [0.2, 0.25) is 10.0 Å². The lowest BCUT2D eigenvalue weighted by molar-refractivity contribution is 0.102. The summed E-state index contributed by atoms with van der Waals surface area (Å²) < 4.78 is 5.07. The minimum absolute atomic E-state index is 0.0340. The maximum absolute atomic E-state index is 12.1. The molecule has 2 N–H and O–H groups in total. The Hall–Kier alpha value is -1.91. The number of amides is 1. The Labute approximate surface area is 125 Å². The summed E-state index contributed by atoms with van der Waals surface area (Å²) in [4.78, 5) is 12.1. The second kappa shape index (κ2) is 6.03. The molecule has 0 radical (unpaired) electrons. The average molecular weight is 312 g/mol. The quantitative estimate of drug-likeness (QED) is 0.902. The number of anilines is 1. The Balaban J connectivity index is 2.25. The fourth-order valence-electron chi connectivity index (χ4n) is 1.62. The number of aromatic hydroxyl groups is 1. The van der Waals surface area contributed by atoms with Crippen LogP contribution in [0.3, 0.4) is 0 Å². The van der Waals surface area contributed by atoms with Gasteiger partial charge >= 0.3 is 0 Å². The molecule has 1 amide bonds. The summed E-state index contributed by atoms with van der Waals surface area (Å²) in [6.07, 6.45) is 0. The van der Waals surface area contributed by atoms with Crippen molar-refractivity contribution in [1.82, 2.24) is 0 Å². The van der Waals surface area contributed by atoms with E-state index >= 15 is 0 Å². The highest BCUT2D eigenvalue weighted by Crippen LogP contribution is 2.28. The first-order chi connectivity index (χ1) is 9.51. The fraction of sp³-hybridized carbons (Fsp3) is 0.0714. The van der Waals surface area contributed by atoms with E-state index in [0.29, 0.717) is 16.5 Å². The van der Waals surface area contributed by atoms with E-state index in [-0.39, 0.29) is 16.3 Å². The first-order valence-corrected chi connectivity index (χ1v) is 6.40. The van der Waals surface area contributed by atoms with Crippen molar-refractivity contribution in [3.63, 3.8) is 0 Å². The molecule has 0 unspecified atom stereocenters. The molecule has 0 bridgehead atoms. The lowest BCUT2D eigenvalue weighted by Gasteiger charge is -2.09. The predicted molar refractivity (Wildman–Crippen MR) is 79.1 cm³/mol. The van der Waals surface area contributed by atoms with Crippen molar-refractivity contribution in [3.05, 3.63) is 52.0 Å². The van der Waals surface area contributed by atoms with Crippen molar-refractivity contribution in [2.75, 3.05) is 12.4 Å². The summed E-state index contributed by atoms with van der Waals surface area (Å²) in [6.45, 7) is 0. The largest absolute Gasteiger partial charge is 0.508 e. The van der Waals surface area contributed by atoms with Crippen molar-refractivity contribution in [2.45, 2.75) is 0 Å². The lowest BCUT2D eigenvalue weighted by Crippen LogP contribution is -2.12. The van der Waals surface area contributed by atoms with Crippen LogP contribution in [0.15, 0.2) is 36.4 Å². The molecule has 0 aromatic heterocycles. The number of nitrogens with one attached hydrogen (secondary N) is 1. The van der Waals surface area contributed by atoms with E-state index < -0.39 is 5.91 Å². The summed E-state index contributed by atoms with van der Waals surface area (Å²) in [6, 6.07) is 9.00. The average Bonchev–Trinajstić information content (AvgIpc) is 2.43. The second-order valence-electron chi connectivity index (χ2n) is 3.97. The molecule has 104 valence electrons. The van der Waals surface area contributed by atoms with Crippen LogP contribution in [-0.4, -0.2) is 18.1 Å². The molecule has 6 heteroatoms. The Morgan fingerprint density at radius 1 is 1.15 bits per heavy atom. The Kier molecular flexibility index (Phi) is 4.37. The number of benzene rings is 2. The summed E-state index contributed by atoms with van der Waals surface area (Å²) in [5.41, 5.74) is 0.691. The third kappa shape index (κ3) is 3.15. The third-order valence-corrected chi connectivity index (χ3v) is 3.25. The van der Waals surface area contributed by atoms with Crippen molar-refractivity contribution >= 4 is 34.8 Å². The molecule has 0 aliphatic rings. The van der Waals surface area contributed by atoms with Crippen LogP contribution in [0.1, 0.15) is 10.4 Å². The van der Waals surface area contributed by atoms with Crippen LogP contribution in [-0.2, 0) is 0 Å². The molecular weight excluding hydrogens is 301 g/mol. The summed E-state index contributed by atoms with van der Waals surface area (Å²) >= 11 is 11.8. The van der Waals surface area contributed by atoms with Crippen molar-refractivity contribution in [2.24, 2.45) is 0 Å². The zero-order valence-electron chi connectivity index (χ0n) is 10.5. The van der Waals surface area contributed by atoms with Gasteiger partial charge in [-0.1, -0.05) is 23.2 Å². The molecule has 0 fully saturated rings. The van der Waals surface area contributed by atoms with Gasteiger partial charge in [0, 0.05) is 11.8 Å². The first-order valence-electron chi connectivity index (χ1n) is 5.64. The number of hydrogen-bond acceptors (Lipinski definition) is 3. The fourth-order valence-corrected chi connectivity index (χ4v) is 2.02. The predicted octanol–water partition coefficient (Wildman–Crippen LogP) is 3.96. The smallest absolute Gasteiger partial charge is 0.257 e. The topological polar surface area (TPSA) is 58.6 Å². The van der Waals surface area contributed by atoms with E-state index in [1.807, 2.05) is 0 Å². The summed E-state index contributed by atoms with van der Waals surface area (Å²) in [5.74, 6) is -0.0185. The number of ether oxygens (including phenoxy) is 1. The standard InChI is InChI=1S/C14H11Cl2NO3/c1-20-13-6-8(2-4-12(13)16)17-14(19)10-7-9(18)3-5-11(10)15/h2-7,18H,1H3,(H,17,19). The van der Waals surface area contributed by atoms with Crippen LogP contribution in [0.25, 0.3) is 0 Å². The molecule has 4 nitrogen and oxygen atoms in total. The van der Waals surface area contributed by atoms with Gasteiger partial charge in [-0.25, -0.2) is 0 Å². The van der Waals surface area contributed by atoms with Crippen LogP contribution >= 0.6 is 23.2 Å². The van der Waals surface area contributed by atoms with Crippen LogP contribution in [0, 0.1) is 0 Å². The maximum Gasteiger partial charge on any atom is 0.257 e. The monoisotopic (exact) mass is 311 g/mol. The number of phenols is 1. The summed E-state index contributed by atoms with van der Waals surface area (Å²) in [5, 5.41) is 12.7. The van der Waals surface area contributed by atoms with Gasteiger partial charge in [0.15, 0.2) is 0 Å². The highest BCUT2D eigenvalue weighted by atomic mass is 35.5. The molecule has 0 saturated heterocycles. The van der Waals surface area contributed by atoms with Gasteiger partial charge in [0.25, 0.3) is 5.91 Å². The SMILES string of the molecule is COc1cc(NC(=O)c2cc(O)ccc2Cl)ccc1Cl. The van der Waals surface area contributed by atoms with Gasteiger partial charge in [-0.2, -0.15) is 0 Å². The zero-order chi connectivity index (χ0) is 14.7. The number of phenolic OH excluding ortho intramolecular Hbond substituents is 1. The molecular formula is C14H11Cl2NO3. The van der Waals surface area contributed by atoms with E-state index in [1.165, 1.54) is 25.3 Å². The Bertz CT molecular complexity index is 659. The van der Waals surface area contributed by atoms with E-state index in [4.69, 9.17) is 27.9 Å². The molecule has 2 rings (SSSR count). The van der Waals surface area contributed by atoms with Gasteiger partial charge in [-0.3, -0.25) is 4.79 Å². The van der Waals surface area contributed by atoms with Gasteiger partial charge in [0.05, 0.1) is 22.7 Å². The van der Waals surface area contributed by atoms with Gasteiger partial charge in [-0.15, -0.1) is 0 Å². The Morgan fingerprint density at radius 2 is 1.85 bits per heavy atom. The number of hydrogen-bond donors (Lipinski definition) is 2. The van der Waals surface area contributed by atoms with E-state index in [1.54, 1.807) is 18.2 Å². The second-order valence-corrected chi connectivity index (χ2v) is 4.78.